The molecule has 8 heteroatoms. The summed E-state index contributed by atoms with van der Waals surface area (Å²) < 4.78 is 0. The molecule has 7 nitrogen and oxygen atoms in total. The maximum absolute atomic E-state index is 12.4. The average Bonchev–Trinajstić information content (AvgIpc) is 3.08. The highest BCUT2D eigenvalue weighted by Gasteiger charge is 2.34. The van der Waals surface area contributed by atoms with Crippen LogP contribution >= 0.6 is 11.8 Å². The average molecular weight is 349 g/mol. The molecule has 1 unspecified atom stereocenters. The van der Waals surface area contributed by atoms with Crippen LogP contribution in [0.3, 0.4) is 0 Å². The number of aromatic nitrogens is 2. The number of carbonyl (C=O) groups excluding carboxylic acids is 2. The summed E-state index contributed by atoms with van der Waals surface area (Å²) in [5.41, 5.74) is 0.695. The van der Waals surface area contributed by atoms with Gasteiger partial charge in [-0.15, -0.1) is 11.8 Å². The SMILES string of the molecule is CCC=C(C)C(=O)N1CSCC1C(=O)NCCNc1ncccn1. The molecule has 1 aromatic rings. The maximum Gasteiger partial charge on any atom is 0.250 e. The van der Waals surface area contributed by atoms with E-state index >= 15 is 0 Å². The van der Waals surface area contributed by atoms with E-state index in [0.717, 1.165) is 6.42 Å². The molecule has 1 saturated heterocycles. The molecule has 1 aromatic heterocycles. The first-order chi connectivity index (χ1) is 11.6. The molecule has 2 rings (SSSR count). The third kappa shape index (κ3) is 4.95. The van der Waals surface area contributed by atoms with Gasteiger partial charge in [0, 0.05) is 36.8 Å². The minimum Gasteiger partial charge on any atom is -0.353 e. The first-order valence-corrected chi connectivity index (χ1v) is 9.13. The molecule has 0 bridgehead atoms. The number of rotatable bonds is 7. The van der Waals surface area contributed by atoms with Gasteiger partial charge in [0.05, 0.1) is 5.88 Å². The molecule has 0 radical (unpaired) electrons. The molecule has 1 atom stereocenters. The number of carbonyl (C=O) groups is 2. The lowest BCUT2D eigenvalue weighted by atomic mass is 10.2. The lowest BCUT2D eigenvalue weighted by molar-refractivity contribution is -0.135. The Bertz CT molecular complexity index is 593. The second kappa shape index (κ2) is 9.27. The van der Waals surface area contributed by atoms with E-state index in [1.165, 1.54) is 0 Å². The summed E-state index contributed by atoms with van der Waals surface area (Å²) in [4.78, 5) is 34.5. The molecule has 2 amide bonds. The Morgan fingerprint density at radius 2 is 2.12 bits per heavy atom. The highest BCUT2D eigenvalue weighted by molar-refractivity contribution is 7.99. The second-order valence-corrected chi connectivity index (χ2v) is 6.38. The Morgan fingerprint density at radius 3 is 2.83 bits per heavy atom. The van der Waals surface area contributed by atoms with E-state index < -0.39 is 6.04 Å². The summed E-state index contributed by atoms with van der Waals surface area (Å²) >= 11 is 1.60. The van der Waals surface area contributed by atoms with Crippen LogP contribution in [0.4, 0.5) is 5.95 Å². The monoisotopic (exact) mass is 349 g/mol. The van der Waals surface area contributed by atoms with Crippen molar-refractivity contribution in [2.75, 3.05) is 30.0 Å². The molecule has 1 aliphatic heterocycles. The number of allylic oxidation sites excluding steroid dienone is 1. The first-order valence-electron chi connectivity index (χ1n) is 7.97. The minimum absolute atomic E-state index is 0.0576. The molecule has 0 saturated carbocycles. The normalized spacial score (nSPS) is 17.7. The number of thioether (sulfide) groups is 1. The van der Waals surface area contributed by atoms with Crippen molar-refractivity contribution in [3.63, 3.8) is 0 Å². The molecule has 1 aliphatic rings. The van der Waals surface area contributed by atoms with Gasteiger partial charge in [-0.3, -0.25) is 9.59 Å². The van der Waals surface area contributed by atoms with Crippen LogP contribution in [0.2, 0.25) is 0 Å². The number of nitrogens with zero attached hydrogens (tertiary/aromatic N) is 3. The van der Waals surface area contributed by atoms with Crippen molar-refractivity contribution in [3.05, 3.63) is 30.1 Å². The number of amides is 2. The molecule has 0 aromatic carbocycles. The standard InChI is InChI=1S/C16H23N5O2S/c1-3-5-12(2)15(23)21-11-24-10-13(21)14(22)17-8-9-20-16-18-6-4-7-19-16/h4-7,13H,3,8-11H2,1-2H3,(H,17,22)(H,18,19,20). The van der Waals surface area contributed by atoms with E-state index in [9.17, 15) is 9.59 Å². The van der Waals surface area contributed by atoms with Crippen molar-refractivity contribution in [1.29, 1.82) is 0 Å². The van der Waals surface area contributed by atoms with E-state index in [-0.39, 0.29) is 11.8 Å². The van der Waals surface area contributed by atoms with Gasteiger partial charge in [-0.25, -0.2) is 9.97 Å². The largest absolute Gasteiger partial charge is 0.353 e. The van der Waals surface area contributed by atoms with Crippen LogP contribution in [-0.2, 0) is 9.59 Å². The van der Waals surface area contributed by atoms with Gasteiger partial charge < -0.3 is 15.5 Å². The van der Waals surface area contributed by atoms with E-state index in [0.29, 0.717) is 36.2 Å². The fourth-order valence-corrected chi connectivity index (χ4v) is 3.50. The third-order valence-electron chi connectivity index (χ3n) is 3.57. The molecular formula is C16H23N5O2S. The highest BCUT2D eigenvalue weighted by Crippen LogP contribution is 2.23. The van der Waals surface area contributed by atoms with Crippen LogP contribution in [0.5, 0.6) is 0 Å². The van der Waals surface area contributed by atoms with Gasteiger partial charge in [0.25, 0.3) is 5.91 Å². The van der Waals surface area contributed by atoms with Gasteiger partial charge >= 0.3 is 0 Å². The predicted octanol–water partition coefficient (Wildman–Crippen LogP) is 1.26. The summed E-state index contributed by atoms with van der Waals surface area (Å²) in [6, 6.07) is 1.33. The zero-order valence-electron chi connectivity index (χ0n) is 14.0. The minimum atomic E-state index is -0.407. The molecule has 2 N–H and O–H groups in total. The molecule has 130 valence electrons. The van der Waals surface area contributed by atoms with Crippen LogP contribution in [0, 0.1) is 0 Å². The number of hydrogen-bond acceptors (Lipinski definition) is 6. The number of anilines is 1. The zero-order chi connectivity index (χ0) is 17.4. The van der Waals surface area contributed by atoms with Crippen molar-refractivity contribution in [3.8, 4) is 0 Å². The Hall–Kier alpha value is -2.09. The number of hydrogen-bond donors (Lipinski definition) is 2. The van der Waals surface area contributed by atoms with E-state index in [1.54, 1.807) is 42.0 Å². The van der Waals surface area contributed by atoms with Gasteiger partial charge in [-0.2, -0.15) is 0 Å². The van der Waals surface area contributed by atoms with Crippen LogP contribution < -0.4 is 10.6 Å². The van der Waals surface area contributed by atoms with E-state index in [4.69, 9.17) is 0 Å². The van der Waals surface area contributed by atoms with Gasteiger partial charge in [0.15, 0.2) is 0 Å². The molecular weight excluding hydrogens is 326 g/mol. The lowest BCUT2D eigenvalue weighted by Gasteiger charge is -2.23. The molecule has 2 heterocycles. The summed E-state index contributed by atoms with van der Waals surface area (Å²) in [5.74, 6) is 1.54. The van der Waals surface area contributed by atoms with E-state index in [2.05, 4.69) is 20.6 Å². The van der Waals surface area contributed by atoms with Crippen LogP contribution in [0.1, 0.15) is 20.3 Å². The Morgan fingerprint density at radius 1 is 1.38 bits per heavy atom. The fraction of sp³-hybridized carbons (Fsp3) is 0.500. The van der Waals surface area contributed by atoms with Gasteiger partial charge in [0.1, 0.15) is 6.04 Å². The fourth-order valence-electron chi connectivity index (χ4n) is 2.35. The summed E-state index contributed by atoms with van der Waals surface area (Å²) in [5, 5.41) is 5.89. The third-order valence-corrected chi connectivity index (χ3v) is 4.58. The second-order valence-electron chi connectivity index (χ2n) is 5.38. The number of nitrogens with one attached hydrogen (secondary N) is 2. The molecule has 1 fully saturated rings. The van der Waals surface area contributed by atoms with Crippen molar-refractivity contribution in [2.24, 2.45) is 0 Å². The Labute approximate surface area is 146 Å². The van der Waals surface area contributed by atoms with Crippen LogP contribution in [0.15, 0.2) is 30.1 Å². The van der Waals surface area contributed by atoms with E-state index in [1.807, 2.05) is 13.0 Å². The maximum atomic E-state index is 12.4. The van der Waals surface area contributed by atoms with Gasteiger partial charge in [-0.1, -0.05) is 13.0 Å². The molecule has 24 heavy (non-hydrogen) atoms. The molecule has 0 aliphatic carbocycles. The Kier molecular flexibility index (Phi) is 7.05. The van der Waals surface area contributed by atoms with Crippen molar-refractivity contribution >= 4 is 29.5 Å². The van der Waals surface area contributed by atoms with Crippen LogP contribution in [-0.4, -0.2) is 57.4 Å². The summed E-state index contributed by atoms with van der Waals surface area (Å²) in [7, 11) is 0. The zero-order valence-corrected chi connectivity index (χ0v) is 14.8. The molecule has 0 spiro atoms. The highest BCUT2D eigenvalue weighted by atomic mass is 32.2. The van der Waals surface area contributed by atoms with Crippen molar-refractivity contribution in [2.45, 2.75) is 26.3 Å². The van der Waals surface area contributed by atoms with Gasteiger partial charge in [0.2, 0.25) is 11.9 Å². The Balaban J connectivity index is 1.80. The first kappa shape index (κ1) is 18.3. The van der Waals surface area contributed by atoms with Crippen molar-refractivity contribution in [1.82, 2.24) is 20.2 Å². The topological polar surface area (TPSA) is 87.2 Å². The summed E-state index contributed by atoms with van der Waals surface area (Å²) in [6.07, 6.45) is 6.01. The van der Waals surface area contributed by atoms with Crippen molar-refractivity contribution < 1.29 is 9.59 Å². The van der Waals surface area contributed by atoms with Gasteiger partial charge in [-0.05, 0) is 19.4 Å². The van der Waals surface area contributed by atoms with Crippen LogP contribution in [0.25, 0.3) is 0 Å². The smallest absolute Gasteiger partial charge is 0.250 e. The summed E-state index contributed by atoms with van der Waals surface area (Å²) in [6.45, 7) is 4.76. The predicted molar refractivity (Wildman–Crippen MR) is 95.5 cm³/mol. The lowest BCUT2D eigenvalue weighted by Crippen LogP contribution is -2.48. The quantitative estimate of drug-likeness (QED) is 0.569.